The maximum absolute atomic E-state index is 13.9. The molecule has 5 rings (SSSR count). The molecule has 0 aliphatic heterocycles. The molecule has 0 saturated carbocycles. The summed E-state index contributed by atoms with van der Waals surface area (Å²) in [7, 11) is -3.50. The Bertz CT molecular complexity index is 1980. The van der Waals surface area contributed by atoms with Crippen molar-refractivity contribution in [3.8, 4) is 5.69 Å². The number of rotatable bonds is 8. The lowest BCUT2D eigenvalue weighted by Crippen LogP contribution is -2.38. The van der Waals surface area contributed by atoms with Gasteiger partial charge in [-0.1, -0.05) is 30.3 Å². The number of pyridine rings is 1. The smallest absolute Gasteiger partial charge is 0.328 e. The maximum atomic E-state index is 13.9. The van der Waals surface area contributed by atoms with Gasteiger partial charge in [-0.2, -0.15) is 13.2 Å². The van der Waals surface area contributed by atoms with Gasteiger partial charge in [0.2, 0.25) is 5.91 Å². The normalized spacial score (nSPS) is 12.7. The molecule has 8 nitrogen and oxygen atoms in total. The number of benzene rings is 3. The van der Waals surface area contributed by atoms with Crippen molar-refractivity contribution in [1.82, 2.24) is 19.4 Å². The number of sulfone groups is 1. The summed E-state index contributed by atoms with van der Waals surface area (Å²) >= 11 is 0. The topological polar surface area (TPSA) is 102 Å². The van der Waals surface area contributed by atoms with Gasteiger partial charge in [-0.05, 0) is 72.6 Å². The van der Waals surface area contributed by atoms with Gasteiger partial charge in [0, 0.05) is 25.2 Å². The van der Waals surface area contributed by atoms with E-state index in [1.807, 2.05) is 0 Å². The zero-order chi connectivity index (χ0) is 31.6. The van der Waals surface area contributed by atoms with Crippen molar-refractivity contribution in [2.75, 3.05) is 6.26 Å². The minimum atomic E-state index is -4.51. The molecule has 226 valence electrons. The number of fused-ring (bicyclic) bond motifs is 1. The van der Waals surface area contributed by atoms with Crippen molar-refractivity contribution in [2.24, 2.45) is 0 Å². The Hall–Kier alpha value is -4.84. The molecule has 2 aromatic heterocycles. The lowest BCUT2D eigenvalue weighted by Gasteiger charge is -2.31. The zero-order valence-corrected chi connectivity index (χ0v) is 24.5. The van der Waals surface area contributed by atoms with Crippen LogP contribution in [0.25, 0.3) is 16.6 Å². The van der Waals surface area contributed by atoms with E-state index in [1.54, 1.807) is 55.7 Å². The number of hydrogen-bond donors (Lipinski definition) is 0. The molecule has 5 aromatic rings. The lowest BCUT2D eigenvalue weighted by atomic mass is 10.1. The van der Waals surface area contributed by atoms with Gasteiger partial charge in [-0.15, -0.1) is 0 Å². The molecule has 0 N–H and O–H groups in total. The highest BCUT2D eigenvalue weighted by Crippen LogP contribution is 2.30. The Morgan fingerprint density at radius 2 is 1.61 bits per heavy atom. The van der Waals surface area contributed by atoms with E-state index in [9.17, 15) is 31.2 Å². The third-order valence-electron chi connectivity index (χ3n) is 7.20. The molecular formula is C32H27F3N4O4S. The van der Waals surface area contributed by atoms with Gasteiger partial charge in [-0.3, -0.25) is 19.1 Å². The number of halogens is 3. The molecule has 0 unspecified atom stereocenters. The van der Waals surface area contributed by atoms with Crippen molar-refractivity contribution in [3.63, 3.8) is 0 Å². The second kappa shape index (κ2) is 12.0. The van der Waals surface area contributed by atoms with E-state index in [1.165, 1.54) is 45.9 Å². The van der Waals surface area contributed by atoms with Crippen LogP contribution in [0.4, 0.5) is 13.2 Å². The molecule has 44 heavy (non-hydrogen) atoms. The fraction of sp³-hybridized carbons (Fsp3) is 0.188. The number of amides is 1. The molecule has 0 fully saturated rings. The monoisotopic (exact) mass is 620 g/mol. The average molecular weight is 621 g/mol. The zero-order valence-electron chi connectivity index (χ0n) is 23.7. The molecule has 2 heterocycles. The van der Waals surface area contributed by atoms with Gasteiger partial charge in [0.1, 0.15) is 5.82 Å². The first-order valence-electron chi connectivity index (χ1n) is 13.5. The van der Waals surface area contributed by atoms with E-state index in [2.05, 4.69) is 4.98 Å². The number of para-hydroxylation sites is 1. The number of carbonyl (C=O) groups excluding carboxylic acids is 1. The molecule has 0 spiro atoms. The Labute approximate surface area is 251 Å². The number of aromatic nitrogens is 3. The van der Waals surface area contributed by atoms with Gasteiger partial charge in [0.05, 0.1) is 39.5 Å². The van der Waals surface area contributed by atoms with Crippen LogP contribution in [0.1, 0.15) is 35.5 Å². The fourth-order valence-corrected chi connectivity index (χ4v) is 5.51. The Kier molecular flexibility index (Phi) is 8.38. The summed E-state index contributed by atoms with van der Waals surface area (Å²) in [5, 5.41) is 0.325. The molecule has 0 aliphatic carbocycles. The molecule has 12 heteroatoms. The van der Waals surface area contributed by atoms with Crippen LogP contribution in [-0.2, 0) is 33.8 Å². The second-order valence-corrected chi connectivity index (χ2v) is 12.3. The van der Waals surface area contributed by atoms with Crippen LogP contribution < -0.4 is 5.56 Å². The highest BCUT2D eigenvalue weighted by molar-refractivity contribution is 7.90. The van der Waals surface area contributed by atoms with Crippen molar-refractivity contribution < 1.29 is 26.4 Å². The number of hydrogen-bond acceptors (Lipinski definition) is 6. The van der Waals surface area contributed by atoms with Crippen LogP contribution in [0, 0.1) is 0 Å². The molecular weight excluding hydrogens is 593 g/mol. The van der Waals surface area contributed by atoms with Crippen LogP contribution in [0.5, 0.6) is 0 Å². The minimum Gasteiger partial charge on any atom is -0.328 e. The maximum Gasteiger partial charge on any atom is 0.416 e. The highest BCUT2D eigenvalue weighted by Gasteiger charge is 2.31. The summed E-state index contributed by atoms with van der Waals surface area (Å²) in [6.45, 7) is 1.78. The molecule has 1 atom stereocenters. The van der Waals surface area contributed by atoms with Crippen LogP contribution in [0.15, 0.2) is 107 Å². The van der Waals surface area contributed by atoms with Gasteiger partial charge < -0.3 is 4.90 Å². The quantitative estimate of drug-likeness (QED) is 0.226. The summed E-state index contributed by atoms with van der Waals surface area (Å²) < 4.78 is 64.8. The van der Waals surface area contributed by atoms with Gasteiger partial charge in [0.15, 0.2) is 9.84 Å². The minimum absolute atomic E-state index is 0.0718. The first kappa shape index (κ1) is 30.6. The average Bonchev–Trinajstić information content (AvgIpc) is 2.99. The van der Waals surface area contributed by atoms with Crippen LogP contribution in [0.3, 0.4) is 0 Å². The summed E-state index contributed by atoms with van der Waals surface area (Å²) in [4.78, 5) is 38.2. The largest absolute Gasteiger partial charge is 0.416 e. The predicted molar refractivity (Wildman–Crippen MR) is 159 cm³/mol. The number of carbonyl (C=O) groups is 1. The third kappa shape index (κ3) is 6.55. The molecule has 0 aliphatic rings. The van der Waals surface area contributed by atoms with Crippen LogP contribution >= 0.6 is 0 Å². The Morgan fingerprint density at radius 1 is 0.932 bits per heavy atom. The molecule has 1 amide bonds. The summed E-state index contributed by atoms with van der Waals surface area (Å²) in [5.74, 6) is -0.201. The molecule has 0 radical (unpaired) electrons. The van der Waals surface area contributed by atoms with Crippen molar-refractivity contribution in [2.45, 2.75) is 37.0 Å². The molecule has 0 bridgehead atoms. The van der Waals surface area contributed by atoms with Gasteiger partial charge >= 0.3 is 6.18 Å². The third-order valence-corrected chi connectivity index (χ3v) is 8.33. The van der Waals surface area contributed by atoms with E-state index in [0.717, 1.165) is 18.4 Å². The lowest BCUT2D eigenvalue weighted by molar-refractivity contribution is -0.137. The predicted octanol–water partition coefficient (Wildman–Crippen LogP) is 5.54. The Morgan fingerprint density at radius 3 is 2.23 bits per heavy atom. The van der Waals surface area contributed by atoms with E-state index in [-0.39, 0.29) is 23.7 Å². The van der Waals surface area contributed by atoms with E-state index in [4.69, 9.17) is 4.98 Å². The summed E-state index contributed by atoms with van der Waals surface area (Å²) in [6.07, 6.45) is -0.449. The van der Waals surface area contributed by atoms with E-state index < -0.39 is 39.1 Å². The number of alkyl halides is 3. The molecule has 3 aromatic carbocycles. The van der Waals surface area contributed by atoms with Crippen LogP contribution in [0.2, 0.25) is 0 Å². The first-order chi connectivity index (χ1) is 20.8. The Balaban J connectivity index is 1.61. The van der Waals surface area contributed by atoms with Gasteiger partial charge in [-0.25, -0.2) is 13.4 Å². The highest BCUT2D eigenvalue weighted by atomic mass is 32.2. The van der Waals surface area contributed by atoms with Crippen molar-refractivity contribution in [1.29, 1.82) is 0 Å². The summed E-state index contributed by atoms with van der Waals surface area (Å²) in [6, 6.07) is 19.6. The van der Waals surface area contributed by atoms with E-state index in [0.29, 0.717) is 27.7 Å². The fourth-order valence-electron chi connectivity index (χ4n) is 4.88. The van der Waals surface area contributed by atoms with Crippen LogP contribution in [-0.4, -0.2) is 40.0 Å². The van der Waals surface area contributed by atoms with Crippen molar-refractivity contribution in [3.05, 3.63) is 130 Å². The summed E-state index contributed by atoms with van der Waals surface area (Å²) in [5.41, 5.74) is 0.583. The SMILES string of the molecule is C[C@H](c1nc2ccccc2c(=O)n1-c1ccc(S(C)(=O)=O)cc1)N(Cc1cccnc1)C(=O)Cc1ccc(C(F)(F)F)cc1. The second-order valence-electron chi connectivity index (χ2n) is 10.3. The first-order valence-corrected chi connectivity index (χ1v) is 15.4. The number of nitrogens with zero attached hydrogens (tertiary/aromatic N) is 4. The van der Waals surface area contributed by atoms with Gasteiger partial charge in [0.25, 0.3) is 5.56 Å². The standard InChI is InChI=1S/C32H27F3N4O4S/c1-21(38(20-23-6-5-17-36-19-23)29(40)18-22-9-11-24(12-10-22)32(33,34)35)30-37-28-8-4-3-7-27(28)31(41)39(30)25-13-15-26(16-14-25)44(2,42)43/h3-17,19,21H,18,20H2,1-2H3/t21-/m1/s1. The van der Waals surface area contributed by atoms with Crippen molar-refractivity contribution >= 4 is 26.6 Å². The molecule has 0 saturated heterocycles. The van der Waals surface area contributed by atoms with E-state index >= 15 is 0 Å².